The van der Waals surface area contributed by atoms with E-state index in [0.717, 1.165) is 32.1 Å². The van der Waals surface area contributed by atoms with Crippen molar-refractivity contribution in [1.82, 2.24) is 30.6 Å². The number of aromatic nitrogens is 4. The molecule has 144 valence electrons. The first-order chi connectivity index (χ1) is 13.1. The van der Waals surface area contributed by atoms with E-state index in [-0.39, 0.29) is 29.9 Å². The minimum absolute atomic E-state index is 0.0461. The predicted octanol–water partition coefficient (Wildman–Crippen LogP) is 2.04. The number of aromatic amines is 1. The molecular weight excluding hydrogens is 344 g/mol. The van der Waals surface area contributed by atoms with Gasteiger partial charge in [0.2, 0.25) is 11.6 Å². The summed E-state index contributed by atoms with van der Waals surface area (Å²) in [4.78, 5) is 31.7. The summed E-state index contributed by atoms with van der Waals surface area (Å²) in [6.07, 6.45) is 5.45. The fraction of sp³-hybridized carbons (Fsp3) is 0.632. The molecule has 0 aromatic carbocycles. The molecule has 0 saturated carbocycles. The van der Waals surface area contributed by atoms with Gasteiger partial charge in [-0.3, -0.25) is 9.59 Å². The quantitative estimate of drug-likeness (QED) is 0.810. The number of amides is 2. The molecule has 2 saturated heterocycles. The van der Waals surface area contributed by atoms with Crippen LogP contribution in [0.15, 0.2) is 12.1 Å². The number of rotatable bonds is 6. The molecule has 4 rings (SSSR count). The standard InChI is InChI=1S/C19H26N6O2/c1-3-4-11(2)9-17(26)20-15-10-12-5-8-16(15)25(12)19(27)14-7-6-13-18(21-14)23-24-22-13/h6-7,11-12,15-16H,3-5,8-10H2,1-2H3,(H,20,26)(H,21,22,23,24)/t11?,12-,15+,16+/m0/s1. The van der Waals surface area contributed by atoms with Crippen molar-refractivity contribution in [3.63, 3.8) is 0 Å². The summed E-state index contributed by atoms with van der Waals surface area (Å²) in [6, 6.07) is 3.74. The van der Waals surface area contributed by atoms with Crippen molar-refractivity contribution in [1.29, 1.82) is 0 Å². The van der Waals surface area contributed by atoms with Crippen LogP contribution >= 0.6 is 0 Å². The lowest BCUT2D eigenvalue weighted by atomic mass is 9.95. The van der Waals surface area contributed by atoms with Gasteiger partial charge in [-0.15, -0.1) is 5.10 Å². The molecule has 2 aromatic heterocycles. The largest absolute Gasteiger partial charge is 0.351 e. The lowest BCUT2D eigenvalue weighted by Gasteiger charge is -2.25. The lowest BCUT2D eigenvalue weighted by molar-refractivity contribution is -0.122. The van der Waals surface area contributed by atoms with Gasteiger partial charge in [0.15, 0.2) is 0 Å². The highest BCUT2D eigenvalue weighted by Crippen LogP contribution is 2.38. The van der Waals surface area contributed by atoms with Gasteiger partial charge in [-0.2, -0.15) is 10.3 Å². The van der Waals surface area contributed by atoms with Gasteiger partial charge >= 0.3 is 0 Å². The fourth-order valence-electron chi connectivity index (χ4n) is 4.63. The van der Waals surface area contributed by atoms with Crippen LogP contribution in [-0.2, 0) is 4.79 Å². The fourth-order valence-corrected chi connectivity index (χ4v) is 4.63. The molecule has 4 atom stereocenters. The highest BCUT2D eigenvalue weighted by atomic mass is 16.2. The van der Waals surface area contributed by atoms with Crippen molar-refractivity contribution >= 4 is 23.0 Å². The average molecular weight is 370 g/mol. The summed E-state index contributed by atoms with van der Waals surface area (Å²) in [7, 11) is 0. The highest BCUT2D eigenvalue weighted by molar-refractivity contribution is 5.95. The van der Waals surface area contributed by atoms with Gasteiger partial charge in [0.05, 0.1) is 12.1 Å². The van der Waals surface area contributed by atoms with E-state index in [9.17, 15) is 9.59 Å². The number of fused-ring (bicyclic) bond motifs is 3. The molecule has 2 aliphatic heterocycles. The highest BCUT2D eigenvalue weighted by Gasteiger charge is 2.49. The monoisotopic (exact) mass is 370 g/mol. The molecule has 0 aliphatic carbocycles. The van der Waals surface area contributed by atoms with E-state index in [1.54, 1.807) is 12.1 Å². The Balaban J connectivity index is 1.44. The molecule has 2 aromatic rings. The van der Waals surface area contributed by atoms with Crippen LogP contribution in [0.2, 0.25) is 0 Å². The molecule has 0 spiro atoms. The van der Waals surface area contributed by atoms with Crippen LogP contribution < -0.4 is 5.32 Å². The van der Waals surface area contributed by atoms with Crippen LogP contribution in [0, 0.1) is 5.92 Å². The SMILES string of the molecule is CCCC(C)CC(=O)N[C@@H]1C[C@@H]2CC[C@H]1N2C(=O)c1ccc2n[nH]nc2n1. The van der Waals surface area contributed by atoms with Gasteiger partial charge in [0, 0.05) is 12.5 Å². The number of carbonyl (C=O) groups is 2. The summed E-state index contributed by atoms with van der Waals surface area (Å²) in [5, 5.41) is 13.6. The Morgan fingerprint density at radius 3 is 3.00 bits per heavy atom. The predicted molar refractivity (Wildman–Crippen MR) is 99.9 cm³/mol. The molecule has 8 heteroatoms. The third-order valence-corrected chi connectivity index (χ3v) is 5.83. The Morgan fingerprint density at radius 2 is 2.19 bits per heavy atom. The Morgan fingerprint density at radius 1 is 1.33 bits per heavy atom. The molecular formula is C19H26N6O2. The van der Waals surface area contributed by atoms with Crippen LogP contribution in [0.1, 0.15) is 62.9 Å². The second-order valence-corrected chi connectivity index (χ2v) is 7.88. The van der Waals surface area contributed by atoms with Gasteiger partial charge in [-0.05, 0) is 37.3 Å². The maximum atomic E-state index is 13.1. The van der Waals surface area contributed by atoms with Crippen LogP contribution in [0.3, 0.4) is 0 Å². The summed E-state index contributed by atoms with van der Waals surface area (Å²) < 4.78 is 0. The van der Waals surface area contributed by atoms with E-state index in [1.807, 2.05) is 4.90 Å². The average Bonchev–Trinajstić information content (AvgIpc) is 3.34. The summed E-state index contributed by atoms with van der Waals surface area (Å²) >= 11 is 0. The van der Waals surface area contributed by atoms with Gasteiger partial charge < -0.3 is 10.2 Å². The zero-order chi connectivity index (χ0) is 19.0. The maximum Gasteiger partial charge on any atom is 0.273 e. The van der Waals surface area contributed by atoms with Crippen molar-refractivity contribution in [2.45, 2.75) is 70.5 Å². The Labute approximate surface area is 158 Å². The van der Waals surface area contributed by atoms with E-state index in [1.165, 1.54) is 0 Å². The van der Waals surface area contributed by atoms with Gasteiger partial charge in [-0.25, -0.2) is 4.98 Å². The minimum atomic E-state index is -0.0801. The van der Waals surface area contributed by atoms with Crippen molar-refractivity contribution in [2.24, 2.45) is 5.92 Å². The van der Waals surface area contributed by atoms with Gasteiger partial charge in [-0.1, -0.05) is 26.7 Å². The number of pyridine rings is 1. The van der Waals surface area contributed by atoms with Crippen LogP contribution in [0.5, 0.6) is 0 Å². The first kappa shape index (κ1) is 17.9. The molecule has 4 heterocycles. The van der Waals surface area contributed by atoms with Crippen LogP contribution in [-0.4, -0.2) is 55.2 Å². The lowest BCUT2D eigenvalue weighted by Crippen LogP contribution is -2.45. The molecule has 2 aliphatic rings. The van der Waals surface area contributed by atoms with Crippen molar-refractivity contribution < 1.29 is 9.59 Å². The minimum Gasteiger partial charge on any atom is -0.351 e. The van der Waals surface area contributed by atoms with Crippen molar-refractivity contribution in [3.8, 4) is 0 Å². The first-order valence-corrected chi connectivity index (χ1v) is 9.86. The first-order valence-electron chi connectivity index (χ1n) is 9.86. The molecule has 0 radical (unpaired) electrons. The molecule has 8 nitrogen and oxygen atoms in total. The van der Waals surface area contributed by atoms with E-state index < -0.39 is 0 Å². The molecule has 27 heavy (non-hydrogen) atoms. The van der Waals surface area contributed by atoms with E-state index in [4.69, 9.17) is 0 Å². The maximum absolute atomic E-state index is 13.1. The smallest absolute Gasteiger partial charge is 0.273 e. The number of nitrogens with one attached hydrogen (secondary N) is 2. The normalized spacial score (nSPS) is 25.1. The number of hydrogen-bond acceptors (Lipinski definition) is 5. The summed E-state index contributed by atoms with van der Waals surface area (Å²) in [5.74, 6) is 0.413. The second kappa shape index (κ2) is 7.25. The van der Waals surface area contributed by atoms with E-state index in [2.05, 4.69) is 39.6 Å². The third kappa shape index (κ3) is 3.40. The Bertz CT molecular complexity index is 850. The van der Waals surface area contributed by atoms with Crippen molar-refractivity contribution in [2.75, 3.05) is 0 Å². The van der Waals surface area contributed by atoms with E-state index in [0.29, 0.717) is 29.2 Å². The number of nitrogens with zero attached hydrogens (tertiary/aromatic N) is 4. The van der Waals surface area contributed by atoms with Crippen LogP contribution in [0.4, 0.5) is 0 Å². The zero-order valence-corrected chi connectivity index (χ0v) is 15.8. The third-order valence-electron chi connectivity index (χ3n) is 5.83. The number of hydrogen-bond donors (Lipinski definition) is 2. The molecule has 1 unspecified atom stereocenters. The Kier molecular flexibility index (Phi) is 4.80. The van der Waals surface area contributed by atoms with Crippen LogP contribution in [0.25, 0.3) is 11.2 Å². The number of carbonyl (C=O) groups excluding carboxylic acids is 2. The zero-order valence-electron chi connectivity index (χ0n) is 15.8. The molecule has 2 amide bonds. The van der Waals surface area contributed by atoms with Crippen molar-refractivity contribution in [3.05, 3.63) is 17.8 Å². The Hall–Kier alpha value is -2.51. The second-order valence-electron chi connectivity index (χ2n) is 7.88. The summed E-state index contributed by atoms with van der Waals surface area (Å²) in [6.45, 7) is 4.25. The molecule has 2 fully saturated rings. The topological polar surface area (TPSA) is 104 Å². The van der Waals surface area contributed by atoms with Gasteiger partial charge in [0.25, 0.3) is 5.91 Å². The van der Waals surface area contributed by atoms with E-state index >= 15 is 0 Å². The number of H-pyrrole nitrogens is 1. The molecule has 2 N–H and O–H groups in total. The van der Waals surface area contributed by atoms with Gasteiger partial charge in [0.1, 0.15) is 11.2 Å². The molecule has 2 bridgehead atoms. The summed E-state index contributed by atoms with van der Waals surface area (Å²) in [5.41, 5.74) is 1.47.